The lowest BCUT2D eigenvalue weighted by molar-refractivity contribution is -0.138. The summed E-state index contributed by atoms with van der Waals surface area (Å²) in [4.78, 5) is 27.8. The summed E-state index contributed by atoms with van der Waals surface area (Å²) >= 11 is 0. The maximum Gasteiger partial charge on any atom is 0.243 e. The summed E-state index contributed by atoms with van der Waals surface area (Å²) in [5, 5.41) is 3.06. The lowest BCUT2D eigenvalue weighted by Crippen LogP contribution is -2.47. The highest BCUT2D eigenvalue weighted by Crippen LogP contribution is 2.28. The molecule has 1 saturated heterocycles. The lowest BCUT2D eigenvalue weighted by Gasteiger charge is -2.27. The monoisotopic (exact) mass is 506 g/mol. The molecule has 5 nitrogen and oxygen atoms in total. The van der Waals surface area contributed by atoms with Crippen LogP contribution in [0.1, 0.15) is 54.5 Å². The first kappa shape index (κ1) is 26.3. The van der Waals surface area contributed by atoms with E-state index in [1.165, 1.54) is 29.7 Å². The van der Waals surface area contributed by atoms with E-state index in [-0.39, 0.29) is 25.1 Å². The Kier molecular flexibility index (Phi) is 8.21. The predicted molar refractivity (Wildman–Crippen MR) is 139 cm³/mol. The topological polar surface area (TPSA) is 58.6 Å². The van der Waals surface area contributed by atoms with Gasteiger partial charge in [-0.25, -0.2) is 8.78 Å². The van der Waals surface area contributed by atoms with Gasteiger partial charge in [-0.15, -0.1) is 0 Å². The van der Waals surface area contributed by atoms with Crippen LogP contribution < -0.4 is 10.1 Å². The predicted octanol–water partition coefficient (Wildman–Crippen LogP) is 5.35. The van der Waals surface area contributed by atoms with Gasteiger partial charge >= 0.3 is 0 Å². The van der Waals surface area contributed by atoms with Gasteiger partial charge in [0.2, 0.25) is 11.8 Å². The van der Waals surface area contributed by atoms with Crippen LogP contribution in [0.2, 0.25) is 0 Å². The molecule has 3 aromatic carbocycles. The average molecular weight is 507 g/mol. The van der Waals surface area contributed by atoms with Crippen molar-refractivity contribution in [2.75, 3.05) is 13.7 Å². The standard InChI is InChI=1S/C30H32F2N2O3/c1-19(2)21-10-12-23(13-11-21)29(22-7-5-4-6-8-22)33-30(36)26-17-24(31)18-34(26)28(35)16-20-9-14-27(37-3)25(32)15-20/h4-15,19,24,26,29H,16-18H2,1-3H3,(H,33,36)/t24-,26+,29+/m1/s1. The van der Waals surface area contributed by atoms with E-state index in [1.807, 2.05) is 54.6 Å². The number of benzene rings is 3. The van der Waals surface area contributed by atoms with Gasteiger partial charge in [0.25, 0.3) is 0 Å². The number of hydrogen-bond acceptors (Lipinski definition) is 3. The van der Waals surface area contributed by atoms with Crippen LogP contribution in [0.5, 0.6) is 5.75 Å². The average Bonchev–Trinajstić information content (AvgIpc) is 3.30. The molecule has 0 spiro atoms. The molecule has 4 rings (SSSR count). The van der Waals surface area contributed by atoms with Crippen LogP contribution in [0, 0.1) is 5.82 Å². The van der Waals surface area contributed by atoms with E-state index in [0.29, 0.717) is 11.5 Å². The van der Waals surface area contributed by atoms with Crippen molar-refractivity contribution in [3.05, 3.63) is 101 Å². The number of nitrogens with zero attached hydrogens (tertiary/aromatic N) is 1. The Morgan fingerprint density at radius 2 is 1.65 bits per heavy atom. The number of alkyl halides is 1. The van der Waals surface area contributed by atoms with Crippen molar-refractivity contribution in [3.63, 3.8) is 0 Å². The third-order valence-electron chi connectivity index (χ3n) is 6.80. The van der Waals surface area contributed by atoms with E-state index in [4.69, 9.17) is 4.74 Å². The van der Waals surface area contributed by atoms with Gasteiger partial charge in [-0.2, -0.15) is 0 Å². The van der Waals surface area contributed by atoms with Crippen LogP contribution in [0.3, 0.4) is 0 Å². The molecule has 37 heavy (non-hydrogen) atoms. The zero-order valence-corrected chi connectivity index (χ0v) is 21.3. The number of ether oxygens (including phenoxy) is 1. The molecule has 194 valence electrons. The van der Waals surface area contributed by atoms with Crippen molar-refractivity contribution in [1.29, 1.82) is 0 Å². The Hall–Kier alpha value is -3.74. The molecule has 0 saturated carbocycles. The van der Waals surface area contributed by atoms with Crippen LogP contribution in [0.25, 0.3) is 0 Å². The van der Waals surface area contributed by atoms with Crippen molar-refractivity contribution in [1.82, 2.24) is 10.2 Å². The second kappa shape index (κ2) is 11.5. The summed E-state index contributed by atoms with van der Waals surface area (Å²) in [7, 11) is 1.36. The fraction of sp³-hybridized carbons (Fsp3) is 0.333. The minimum absolute atomic E-state index is 0.0758. The first-order valence-corrected chi connectivity index (χ1v) is 12.5. The number of carbonyl (C=O) groups is 2. The maximum atomic E-state index is 14.5. The van der Waals surface area contributed by atoms with Gasteiger partial charge in [0.15, 0.2) is 11.6 Å². The molecule has 1 fully saturated rings. The fourth-order valence-electron chi connectivity index (χ4n) is 4.72. The Bertz CT molecular complexity index is 1230. The van der Waals surface area contributed by atoms with E-state index in [1.54, 1.807) is 6.07 Å². The molecule has 0 unspecified atom stereocenters. The summed E-state index contributed by atoms with van der Waals surface area (Å²) in [5.74, 6) is -0.982. The van der Waals surface area contributed by atoms with E-state index >= 15 is 0 Å². The number of likely N-dealkylation sites (tertiary alicyclic amines) is 1. The van der Waals surface area contributed by atoms with E-state index in [2.05, 4.69) is 19.2 Å². The van der Waals surface area contributed by atoms with Gasteiger partial charge in [0.05, 0.1) is 26.1 Å². The van der Waals surface area contributed by atoms with Crippen molar-refractivity contribution >= 4 is 11.8 Å². The van der Waals surface area contributed by atoms with Gasteiger partial charge in [0.1, 0.15) is 12.2 Å². The van der Waals surface area contributed by atoms with Crippen LogP contribution in [-0.2, 0) is 16.0 Å². The Morgan fingerprint density at radius 1 is 1.00 bits per heavy atom. The second-order valence-electron chi connectivity index (χ2n) is 9.71. The molecule has 1 heterocycles. The molecule has 1 aliphatic rings. The molecule has 1 aliphatic heterocycles. The van der Waals surface area contributed by atoms with E-state index in [9.17, 15) is 18.4 Å². The SMILES string of the molecule is COc1ccc(CC(=O)N2C[C@H](F)C[C@H]2C(=O)N[C@@H](c2ccccc2)c2ccc(C(C)C)cc2)cc1F. The quantitative estimate of drug-likeness (QED) is 0.448. The molecule has 1 N–H and O–H groups in total. The van der Waals surface area contributed by atoms with Crippen molar-refractivity contribution in [2.24, 2.45) is 0 Å². The van der Waals surface area contributed by atoms with E-state index in [0.717, 1.165) is 11.1 Å². The van der Waals surface area contributed by atoms with Crippen LogP contribution in [-0.4, -0.2) is 42.6 Å². The Balaban J connectivity index is 1.54. The molecular formula is C30H32F2N2O3. The molecule has 2 amide bonds. The van der Waals surface area contributed by atoms with Gasteiger partial charge in [-0.1, -0.05) is 74.5 Å². The summed E-state index contributed by atoms with van der Waals surface area (Å²) in [6.07, 6.45) is -1.54. The molecule has 0 aromatic heterocycles. The van der Waals surface area contributed by atoms with Crippen LogP contribution in [0.15, 0.2) is 72.8 Å². The summed E-state index contributed by atoms with van der Waals surface area (Å²) in [6, 6.07) is 20.4. The highest BCUT2D eigenvalue weighted by Gasteiger charge is 2.40. The van der Waals surface area contributed by atoms with Gasteiger partial charge in [-0.3, -0.25) is 9.59 Å². The summed E-state index contributed by atoms with van der Waals surface area (Å²) in [5.41, 5.74) is 3.39. The zero-order chi connectivity index (χ0) is 26.5. The second-order valence-corrected chi connectivity index (χ2v) is 9.71. The fourth-order valence-corrected chi connectivity index (χ4v) is 4.72. The van der Waals surface area contributed by atoms with Crippen molar-refractivity contribution in [3.8, 4) is 5.75 Å². The van der Waals surface area contributed by atoms with Crippen LogP contribution in [0.4, 0.5) is 8.78 Å². The lowest BCUT2D eigenvalue weighted by atomic mass is 9.95. The van der Waals surface area contributed by atoms with Crippen molar-refractivity contribution in [2.45, 2.75) is 50.9 Å². The molecule has 0 radical (unpaired) electrons. The zero-order valence-electron chi connectivity index (χ0n) is 21.3. The van der Waals surface area contributed by atoms with Gasteiger partial charge < -0.3 is 15.0 Å². The molecule has 3 atom stereocenters. The maximum absolute atomic E-state index is 14.5. The van der Waals surface area contributed by atoms with Crippen molar-refractivity contribution < 1.29 is 23.1 Å². The third kappa shape index (κ3) is 6.16. The largest absolute Gasteiger partial charge is 0.494 e. The Morgan fingerprint density at radius 3 is 2.27 bits per heavy atom. The van der Waals surface area contributed by atoms with E-state index < -0.39 is 35.9 Å². The number of rotatable bonds is 8. The minimum atomic E-state index is -1.31. The summed E-state index contributed by atoms with van der Waals surface area (Å²) in [6.45, 7) is 4.06. The number of halogens is 2. The molecule has 7 heteroatoms. The molecule has 0 aliphatic carbocycles. The van der Waals surface area contributed by atoms with Gasteiger partial charge in [-0.05, 0) is 40.3 Å². The minimum Gasteiger partial charge on any atom is -0.494 e. The number of methoxy groups -OCH3 is 1. The molecule has 3 aromatic rings. The highest BCUT2D eigenvalue weighted by molar-refractivity contribution is 5.89. The normalized spacial score (nSPS) is 18.1. The van der Waals surface area contributed by atoms with Crippen LogP contribution >= 0.6 is 0 Å². The number of nitrogens with one attached hydrogen (secondary N) is 1. The number of amides is 2. The summed E-state index contributed by atoms with van der Waals surface area (Å²) < 4.78 is 33.5. The highest BCUT2D eigenvalue weighted by atomic mass is 19.1. The first-order chi connectivity index (χ1) is 17.8. The first-order valence-electron chi connectivity index (χ1n) is 12.5. The molecular weight excluding hydrogens is 474 g/mol. The Labute approximate surface area is 216 Å². The third-order valence-corrected chi connectivity index (χ3v) is 6.80. The van der Waals surface area contributed by atoms with Gasteiger partial charge in [0, 0.05) is 6.42 Å². The number of carbonyl (C=O) groups excluding carboxylic acids is 2. The number of hydrogen-bond donors (Lipinski definition) is 1. The molecule has 0 bridgehead atoms. The smallest absolute Gasteiger partial charge is 0.243 e.